The predicted molar refractivity (Wildman–Crippen MR) is 133 cm³/mol. The normalized spacial score (nSPS) is 20.9. The molecule has 2 fully saturated rings. The Morgan fingerprint density at radius 2 is 1.83 bits per heavy atom. The first-order valence-electron chi connectivity index (χ1n) is 12.3. The van der Waals surface area contributed by atoms with Gasteiger partial charge in [-0.2, -0.15) is 5.10 Å². The third-order valence-electron chi connectivity index (χ3n) is 7.28. The van der Waals surface area contributed by atoms with Gasteiger partial charge in [-0.1, -0.05) is 18.2 Å². The zero-order chi connectivity index (χ0) is 23.8. The molecular weight excluding hydrogens is 444 g/mol. The van der Waals surface area contributed by atoms with Crippen molar-refractivity contribution in [2.75, 3.05) is 31.2 Å². The number of imidazole rings is 1. The van der Waals surface area contributed by atoms with Gasteiger partial charge in [-0.05, 0) is 37.8 Å². The van der Waals surface area contributed by atoms with Crippen LogP contribution in [-0.2, 0) is 4.74 Å². The fraction of sp³-hybridized carbons (Fsp3) is 0.385. The molecule has 9 heteroatoms. The summed E-state index contributed by atoms with van der Waals surface area (Å²) in [6.07, 6.45) is 7.11. The Morgan fingerprint density at radius 1 is 1.06 bits per heavy atom. The second-order valence-corrected chi connectivity index (χ2v) is 9.36. The molecule has 6 rings (SSSR count). The highest BCUT2D eigenvalue weighted by molar-refractivity contribution is 5.93. The third kappa shape index (κ3) is 4.16. The molecule has 2 aliphatic rings. The molecule has 0 bridgehead atoms. The lowest BCUT2D eigenvalue weighted by Gasteiger charge is -2.29. The summed E-state index contributed by atoms with van der Waals surface area (Å²) in [5.74, 6) is 0.159. The van der Waals surface area contributed by atoms with Crippen molar-refractivity contribution in [1.82, 2.24) is 24.9 Å². The zero-order valence-electron chi connectivity index (χ0n) is 19.4. The molecule has 1 amide bonds. The number of anilines is 1. The zero-order valence-corrected chi connectivity index (χ0v) is 19.4. The van der Waals surface area contributed by atoms with Crippen molar-refractivity contribution in [2.45, 2.75) is 37.6 Å². The van der Waals surface area contributed by atoms with Crippen LogP contribution in [0.2, 0.25) is 0 Å². The molecule has 1 aliphatic carbocycles. The Morgan fingerprint density at radius 3 is 2.63 bits per heavy atom. The molecule has 1 aromatic carbocycles. The highest BCUT2D eigenvalue weighted by atomic mass is 16.5. The highest BCUT2D eigenvalue weighted by Crippen LogP contribution is 2.34. The van der Waals surface area contributed by atoms with E-state index in [4.69, 9.17) is 4.74 Å². The van der Waals surface area contributed by atoms with Crippen LogP contribution in [0.15, 0.2) is 53.6 Å². The molecule has 3 aromatic heterocycles. The molecule has 0 spiro atoms. The van der Waals surface area contributed by atoms with Gasteiger partial charge in [0.15, 0.2) is 0 Å². The Bertz CT molecular complexity index is 1430. The molecule has 1 saturated heterocycles. The molecule has 0 atom stereocenters. The van der Waals surface area contributed by atoms with Crippen molar-refractivity contribution in [3.05, 3.63) is 70.5 Å². The summed E-state index contributed by atoms with van der Waals surface area (Å²) in [7, 11) is 0. The molecule has 4 heterocycles. The number of fused-ring (bicyclic) bond motifs is 2. The molecule has 35 heavy (non-hydrogen) atoms. The number of carbonyl (C=O) groups is 1. The van der Waals surface area contributed by atoms with Gasteiger partial charge in [-0.3, -0.25) is 14.0 Å². The van der Waals surface area contributed by atoms with Gasteiger partial charge in [-0.15, -0.1) is 0 Å². The maximum absolute atomic E-state index is 13.1. The number of rotatable bonds is 4. The first-order chi connectivity index (χ1) is 17.2. The van der Waals surface area contributed by atoms with Gasteiger partial charge in [0.05, 0.1) is 30.5 Å². The quantitative estimate of drug-likeness (QED) is 0.473. The number of benzene rings is 1. The van der Waals surface area contributed by atoms with E-state index in [9.17, 15) is 9.59 Å². The maximum Gasteiger partial charge on any atom is 0.272 e. The van der Waals surface area contributed by atoms with Gasteiger partial charge < -0.3 is 15.0 Å². The number of H-pyrrole nitrogens is 1. The number of carbonyl (C=O) groups excluding carboxylic acids is 1. The van der Waals surface area contributed by atoms with Crippen LogP contribution in [-0.4, -0.2) is 57.8 Å². The van der Waals surface area contributed by atoms with Crippen molar-refractivity contribution in [3.8, 4) is 0 Å². The van der Waals surface area contributed by atoms with Crippen molar-refractivity contribution < 1.29 is 9.53 Å². The summed E-state index contributed by atoms with van der Waals surface area (Å²) in [6.45, 7) is 3.17. The van der Waals surface area contributed by atoms with Crippen molar-refractivity contribution in [3.63, 3.8) is 0 Å². The van der Waals surface area contributed by atoms with E-state index >= 15 is 0 Å². The number of hydrogen-bond donors (Lipinski definition) is 2. The lowest BCUT2D eigenvalue weighted by atomic mass is 9.82. The van der Waals surface area contributed by atoms with Crippen LogP contribution >= 0.6 is 0 Å². The Kier molecular flexibility index (Phi) is 5.69. The number of ether oxygens (including phenoxy) is 1. The van der Waals surface area contributed by atoms with Gasteiger partial charge in [-0.25, -0.2) is 10.1 Å². The summed E-state index contributed by atoms with van der Waals surface area (Å²) in [4.78, 5) is 32.0. The summed E-state index contributed by atoms with van der Waals surface area (Å²) in [6, 6.07) is 11.8. The van der Waals surface area contributed by atoms with Gasteiger partial charge in [0.2, 0.25) is 0 Å². The summed E-state index contributed by atoms with van der Waals surface area (Å²) >= 11 is 0. The summed E-state index contributed by atoms with van der Waals surface area (Å²) < 4.78 is 7.29. The lowest BCUT2D eigenvalue weighted by molar-refractivity contribution is 0.0919. The van der Waals surface area contributed by atoms with E-state index in [1.165, 1.54) is 0 Å². The monoisotopic (exact) mass is 472 g/mol. The van der Waals surface area contributed by atoms with E-state index in [-0.39, 0.29) is 23.4 Å². The highest BCUT2D eigenvalue weighted by Gasteiger charge is 2.27. The molecule has 4 aromatic rings. The number of nitrogens with zero attached hydrogens (tertiary/aromatic N) is 4. The molecular formula is C26H28N6O3. The topological polar surface area (TPSA) is 105 Å². The first kappa shape index (κ1) is 21.8. The number of aromatic amines is 1. The minimum atomic E-state index is -0.157. The van der Waals surface area contributed by atoms with E-state index in [0.29, 0.717) is 11.1 Å². The van der Waals surface area contributed by atoms with E-state index < -0.39 is 0 Å². The van der Waals surface area contributed by atoms with Crippen molar-refractivity contribution >= 4 is 28.0 Å². The largest absolute Gasteiger partial charge is 0.378 e. The fourth-order valence-electron chi connectivity index (χ4n) is 5.37. The minimum absolute atomic E-state index is 0.103. The van der Waals surface area contributed by atoms with Gasteiger partial charge in [0, 0.05) is 48.4 Å². The Hall–Kier alpha value is -3.72. The maximum atomic E-state index is 13.1. The van der Waals surface area contributed by atoms with Crippen molar-refractivity contribution in [1.29, 1.82) is 0 Å². The number of nitrogens with one attached hydrogen (secondary N) is 2. The average Bonchev–Trinajstić information content (AvgIpc) is 3.34. The molecule has 180 valence electrons. The second kappa shape index (κ2) is 9.14. The fourth-order valence-corrected chi connectivity index (χ4v) is 5.37. The van der Waals surface area contributed by atoms with Crippen LogP contribution in [0.4, 0.5) is 5.69 Å². The number of pyridine rings is 1. The molecule has 0 unspecified atom stereocenters. The lowest BCUT2D eigenvalue weighted by Crippen LogP contribution is -2.38. The van der Waals surface area contributed by atoms with Gasteiger partial charge in [0.25, 0.3) is 11.5 Å². The van der Waals surface area contributed by atoms with Crippen LogP contribution in [0, 0.1) is 0 Å². The minimum Gasteiger partial charge on any atom is -0.378 e. The Balaban J connectivity index is 1.12. The van der Waals surface area contributed by atoms with Crippen molar-refractivity contribution in [2.24, 2.45) is 0 Å². The third-order valence-corrected chi connectivity index (χ3v) is 7.28. The van der Waals surface area contributed by atoms with E-state index in [1.807, 2.05) is 47.0 Å². The van der Waals surface area contributed by atoms with Crippen LogP contribution < -0.4 is 15.8 Å². The number of amides is 1. The van der Waals surface area contributed by atoms with Crippen LogP contribution in [0.5, 0.6) is 0 Å². The number of aromatic nitrogens is 4. The van der Waals surface area contributed by atoms with Gasteiger partial charge >= 0.3 is 0 Å². The summed E-state index contributed by atoms with van der Waals surface area (Å²) in [5, 5.41) is 11.8. The van der Waals surface area contributed by atoms with Gasteiger partial charge in [0.1, 0.15) is 11.3 Å². The average molecular weight is 473 g/mol. The van der Waals surface area contributed by atoms with E-state index in [2.05, 4.69) is 25.4 Å². The molecule has 9 nitrogen and oxygen atoms in total. The Labute approximate surface area is 202 Å². The van der Waals surface area contributed by atoms with Crippen LogP contribution in [0.25, 0.3) is 16.4 Å². The number of hydrogen-bond acceptors (Lipinski definition) is 6. The standard InChI is InChI=1S/C26H28N6O3/c33-25-21-4-2-1-3-20(21)24(29-30-25)17-5-7-18(8-6-17)28-26(34)22-16-27-23-15-19(9-10-32(22)23)31-11-13-35-14-12-31/h1-4,9-10,15-18H,5-8,11-14H2,(H,28,34)(H,30,33)/t17-,18-. The smallest absolute Gasteiger partial charge is 0.272 e. The molecule has 1 aliphatic heterocycles. The number of morpholine rings is 1. The van der Waals surface area contributed by atoms with Crippen LogP contribution in [0.1, 0.15) is 47.8 Å². The van der Waals surface area contributed by atoms with Crippen LogP contribution in [0.3, 0.4) is 0 Å². The first-order valence-corrected chi connectivity index (χ1v) is 12.3. The van der Waals surface area contributed by atoms with E-state index in [0.717, 1.165) is 74.4 Å². The molecule has 0 radical (unpaired) electrons. The molecule has 2 N–H and O–H groups in total. The molecule has 1 saturated carbocycles. The predicted octanol–water partition coefficient (Wildman–Crippen LogP) is 2.86. The SMILES string of the molecule is O=C(N[C@H]1CC[C@H](c2n[nH]c(=O)c3ccccc32)CC1)c1cnc2cc(N3CCOCC3)ccn12. The van der Waals surface area contributed by atoms with E-state index in [1.54, 1.807) is 6.20 Å². The second-order valence-electron chi connectivity index (χ2n) is 9.36. The summed E-state index contributed by atoms with van der Waals surface area (Å²) in [5.41, 5.74) is 3.20.